The van der Waals surface area contributed by atoms with E-state index >= 15 is 0 Å². The number of benzene rings is 1. The normalized spacial score (nSPS) is 13.2. The molecular formula is C14H16N4O2. The van der Waals surface area contributed by atoms with Gasteiger partial charge in [-0.3, -0.25) is 9.89 Å². The van der Waals surface area contributed by atoms with Crippen LogP contribution in [0.4, 0.5) is 0 Å². The van der Waals surface area contributed by atoms with Gasteiger partial charge in [-0.2, -0.15) is 5.10 Å². The Morgan fingerprint density at radius 3 is 2.95 bits per heavy atom. The Morgan fingerprint density at radius 1 is 1.45 bits per heavy atom. The number of rotatable bonds is 3. The van der Waals surface area contributed by atoms with E-state index in [0.29, 0.717) is 10.9 Å². The number of hydrogen-bond donors (Lipinski definition) is 3. The van der Waals surface area contributed by atoms with Crippen LogP contribution in [0.2, 0.25) is 0 Å². The summed E-state index contributed by atoms with van der Waals surface area (Å²) in [5.74, 6) is 0. The van der Waals surface area contributed by atoms with Crippen molar-refractivity contribution in [1.82, 2.24) is 14.8 Å². The molecule has 2 aromatic heterocycles. The second-order valence-corrected chi connectivity index (χ2v) is 4.89. The SMILES string of the molecule is Cc1[nH]nc2c1c(=O)n(CC(O)CN)c1ccccc21. The highest BCUT2D eigenvalue weighted by Crippen LogP contribution is 2.22. The van der Waals surface area contributed by atoms with Crippen LogP contribution < -0.4 is 11.3 Å². The van der Waals surface area contributed by atoms with Gasteiger partial charge in [0.05, 0.1) is 23.6 Å². The van der Waals surface area contributed by atoms with Crippen molar-refractivity contribution in [2.24, 2.45) is 5.73 Å². The van der Waals surface area contributed by atoms with E-state index in [1.54, 1.807) is 4.57 Å². The first-order chi connectivity index (χ1) is 9.63. The Hall–Kier alpha value is -2.18. The molecule has 0 bridgehead atoms. The van der Waals surface area contributed by atoms with E-state index in [4.69, 9.17) is 5.73 Å². The lowest BCUT2D eigenvalue weighted by Crippen LogP contribution is -2.31. The summed E-state index contributed by atoms with van der Waals surface area (Å²) in [6, 6.07) is 7.53. The van der Waals surface area contributed by atoms with Crippen molar-refractivity contribution >= 4 is 21.8 Å². The van der Waals surface area contributed by atoms with Crippen molar-refractivity contribution < 1.29 is 5.11 Å². The van der Waals surface area contributed by atoms with E-state index < -0.39 is 6.10 Å². The molecule has 3 aromatic rings. The largest absolute Gasteiger partial charge is 0.390 e. The Labute approximate surface area is 114 Å². The number of aliphatic hydroxyl groups excluding tert-OH is 1. The molecule has 0 saturated carbocycles. The van der Waals surface area contributed by atoms with Crippen LogP contribution in [0, 0.1) is 6.92 Å². The predicted molar refractivity (Wildman–Crippen MR) is 77.7 cm³/mol. The third kappa shape index (κ3) is 1.81. The van der Waals surface area contributed by atoms with Gasteiger partial charge in [0.1, 0.15) is 5.52 Å². The van der Waals surface area contributed by atoms with Gasteiger partial charge in [0, 0.05) is 17.6 Å². The summed E-state index contributed by atoms with van der Waals surface area (Å²) >= 11 is 0. The fourth-order valence-electron chi connectivity index (χ4n) is 2.51. The van der Waals surface area contributed by atoms with E-state index in [2.05, 4.69) is 10.2 Å². The van der Waals surface area contributed by atoms with Gasteiger partial charge in [-0.25, -0.2) is 0 Å². The maximum atomic E-state index is 12.6. The number of pyridine rings is 1. The molecule has 0 spiro atoms. The van der Waals surface area contributed by atoms with Crippen molar-refractivity contribution in [3.05, 3.63) is 40.3 Å². The van der Waals surface area contributed by atoms with Crippen molar-refractivity contribution in [2.45, 2.75) is 19.6 Å². The summed E-state index contributed by atoms with van der Waals surface area (Å²) in [6.45, 7) is 2.11. The standard InChI is InChI=1S/C14H16N4O2/c1-8-12-13(17-16-8)10-4-2-3-5-11(10)18(14(12)20)7-9(19)6-15/h2-5,9,19H,6-7,15H2,1H3,(H,16,17). The number of para-hydroxylation sites is 1. The molecule has 0 radical (unpaired) electrons. The molecule has 2 heterocycles. The molecule has 1 unspecified atom stereocenters. The van der Waals surface area contributed by atoms with Crippen LogP contribution in [0.25, 0.3) is 21.8 Å². The number of nitrogens with one attached hydrogen (secondary N) is 1. The average Bonchev–Trinajstić information content (AvgIpc) is 2.85. The number of nitrogens with two attached hydrogens (primary N) is 1. The van der Waals surface area contributed by atoms with Crippen LogP contribution in [0.3, 0.4) is 0 Å². The maximum Gasteiger partial charge on any atom is 0.262 e. The number of nitrogens with zero attached hydrogens (tertiary/aromatic N) is 2. The molecule has 20 heavy (non-hydrogen) atoms. The van der Waals surface area contributed by atoms with Gasteiger partial charge in [-0.15, -0.1) is 0 Å². The average molecular weight is 272 g/mol. The zero-order valence-electron chi connectivity index (χ0n) is 11.1. The van der Waals surface area contributed by atoms with Crippen LogP contribution in [-0.2, 0) is 6.54 Å². The molecule has 0 aliphatic heterocycles. The summed E-state index contributed by atoms with van der Waals surface area (Å²) in [5, 5.41) is 18.3. The van der Waals surface area contributed by atoms with Gasteiger partial charge >= 0.3 is 0 Å². The first-order valence-corrected chi connectivity index (χ1v) is 6.48. The van der Waals surface area contributed by atoms with E-state index in [9.17, 15) is 9.90 Å². The van der Waals surface area contributed by atoms with Crippen molar-refractivity contribution in [3.63, 3.8) is 0 Å². The fraction of sp³-hybridized carbons (Fsp3) is 0.286. The lowest BCUT2D eigenvalue weighted by molar-refractivity contribution is 0.162. The van der Waals surface area contributed by atoms with Crippen molar-refractivity contribution in [2.75, 3.05) is 6.54 Å². The molecule has 1 atom stereocenters. The first-order valence-electron chi connectivity index (χ1n) is 6.48. The van der Waals surface area contributed by atoms with E-state index in [0.717, 1.165) is 16.6 Å². The van der Waals surface area contributed by atoms with Gasteiger partial charge < -0.3 is 15.4 Å². The molecule has 0 aliphatic rings. The number of fused-ring (bicyclic) bond motifs is 3. The highest BCUT2D eigenvalue weighted by atomic mass is 16.3. The van der Waals surface area contributed by atoms with Crippen LogP contribution in [-0.4, -0.2) is 32.5 Å². The van der Waals surface area contributed by atoms with E-state index in [-0.39, 0.29) is 18.6 Å². The quantitative estimate of drug-likeness (QED) is 0.647. The lowest BCUT2D eigenvalue weighted by atomic mass is 10.1. The Morgan fingerprint density at radius 2 is 2.20 bits per heavy atom. The first kappa shape index (κ1) is 12.8. The molecule has 0 amide bonds. The molecule has 3 rings (SSSR count). The smallest absolute Gasteiger partial charge is 0.262 e. The zero-order valence-corrected chi connectivity index (χ0v) is 11.1. The summed E-state index contributed by atoms with van der Waals surface area (Å²) in [7, 11) is 0. The summed E-state index contributed by atoms with van der Waals surface area (Å²) in [5.41, 5.74) is 7.45. The molecule has 4 N–H and O–H groups in total. The number of hydrogen-bond acceptors (Lipinski definition) is 4. The minimum atomic E-state index is -0.749. The highest BCUT2D eigenvalue weighted by molar-refractivity contribution is 6.03. The number of H-pyrrole nitrogens is 1. The summed E-state index contributed by atoms with van der Waals surface area (Å²) in [4.78, 5) is 12.6. The van der Waals surface area contributed by atoms with Crippen LogP contribution in [0.15, 0.2) is 29.1 Å². The molecule has 0 saturated heterocycles. The topological polar surface area (TPSA) is 96.9 Å². The summed E-state index contributed by atoms with van der Waals surface area (Å²) < 4.78 is 1.57. The van der Waals surface area contributed by atoms with E-state index in [1.807, 2.05) is 31.2 Å². The number of aliphatic hydroxyl groups is 1. The Balaban J connectivity index is 2.43. The Bertz CT molecular complexity index is 834. The van der Waals surface area contributed by atoms with Crippen molar-refractivity contribution in [1.29, 1.82) is 0 Å². The van der Waals surface area contributed by atoms with Gasteiger partial charge in [-0.05, 0) is 13.0 Å². The summed E-state index contributed by atoms with van der Waals surface area (Å²) in [6.07, 6.45) is -0.749. The van der Waals surface area contributed by atoms with Gasteiger partial charge in [0.15, 0.2) is 0 Å². The van der Waals surface area contributed by atoms with Gasteiger partial charge in [0.25, 0.3) is 5.56 Å². The zero-order chi connectivity index (χ0) is 14.3. The lowest BCUT2D eigenvalue weighted by Gasteiger charge is -2.14. The predicted octanol–water partition coefficient (Wildman–Crippen LogP) is 0.506. The minimum absolute atomic E-state index is 0.114. The molecule has 6 heteroatoms. The molecule has 1 aromatic carbocycles. The van der Waals surface area contributed by atoms with Gasteiger partial charge in [-0.1, -0.05) is 18.2 Å². The van der Waals surface area contributed by atoms with Crippen LogP contribution in [0.1, 0.15) is 5.69 Å². The van der Waals surface area contributed by atoms with Crippen LogP contribution in [0.5, 0.6) is 0 Å². The third-order valence-corrected chi connectivity index (χ3v) is 3.52. The highest BCUT2D eigenvalue weighted by Gasteiger charge is 2.16. The fourth-order valence-corrected chi connectivity index (χ4v) is 2.51. The van der Waals surface area contributed by atoms with Crippen LogP contribution >= 0.6 is 0 Å². The van der Waals surface area contributed by atoms with E-state index in [1.165, 1.54) is 0 Å². The molecule has 0 fully saturated rings. The minimum Gasteiger partial charge on any atom is -0.390 e. The van der Waals surface area contributed by atoms with Gasteiger partial charge in [0.2, 0.25) is 0 Å². The number of aryl methyl sites for hydroxylation is 1. The monoisotopic (exact) mass is 272 g/mol. The second kappa shape index (κ2) is 4.73. The Kier molecular flexibility index (Phi) is 3.04. The maximum absolute atomic E-state index is 12.6. The number of aromatic amines is 1. The molecule has 6 nitrogen and oxygen atoms in total. The molecule has 104 valence electrons. The molecule has 0 aliphatic carbocycles. The third-order valence-electron chi connectivity index (χ3n) is 3.52. The second-order valence-electron chi connectivity index (χ2n) is 4.89. The van der Waals surface area contributed by atoms with Crippen molar-refractivity contribution in [3.8, 4) is 0 Å². The number of aromatic nitrogens is 3. The molecular weight excluding hydrogens is 256 g/mol.